The molecule has 0 radical (unpaired) electrons. The summed E-state index contributed by atoms with van der Waals surface area (Å²) in [5, 5.41) is 0.284. The van der Waals surface area contributed by atoms with Gasteiger partial charge in [0.1, 0.15) is 17.2 Å². The molecule has 46 valence electrons. The molecule has 0 spiro atoms. The molecule has 0 aliphatic carbocycles. The molecule has 1 heterocycles. The van der Waals surface area contributed by atoms with Gasteiger partial charge in [-0.25, -0.2) is 9.97 Å². The molecule has 0 fully saturated rings. The Labute approximate surface area is 56.7 Å². The first kappa shape index (κ1) is 6.16. The molecule has 1 aromatic rings. The SMILES string of the molecule is O=Cc1cc(Cl)ncn1. The number of aldehydes is 1. The fourth-order valence-electron chi connectivity index (χ4n) is 0.412. The molecule has 0 N–H and O–H groups in total. The fraction of sp³-hybridized carbons (Fsp3) is 0. The van der Waals surface area contributed by atoms with Gasteiger partial charge in [-0.1, -0.05) is 11.6 Å². The fourth-order valence-corrected chi connectivity index (χ4v) is 0.567. The first-order valence-electron chi connectivity index (χ1n) is 2.25. The molecule has 0 aliphatic heterocycles. The van der Waals surface area contributed by atoms with Crippen LogP contribution in [0.5, 0.6) is 0 Å². The number of rotatable bonds is 1. The number of halogens is 1. The quantitative estimate of drug-likeness (QED) is 0.433. The summed E-state index contributed by atoms with van der Waals surface area (Å²) in [6.45, 7) is 0. The molecule has 0 saturated heterocycles. The van der Waals surface area contributed by atoms with Gasteiger partial charge in [0.15, 0.2) is 6.29 Å². The zero-order chi connectivity index (χ0) is 6.69. The van der Waals surface area contributed by atoms with Crippen LogP contribution >= 0.6 is 11.6 Å². The van der Waals surface area contributed by atoms with Crippen molar-refractivity contribution in [2.75, 3.05) is 0 Å². The minimum atomic E-state index is 0.284. The van der Waals surface area contributed by atoms with E-state index in [0.717, 1.165) is 0 Å². The molecule has 0 unspecified atom stereocenters. The van der Waals surface area contributed by atoms with Gasteiger partial charge >= 0.3 is 0 Å². The lowest BCUT2D eigenvalue weighted by Crippen LogP contribution is -1.86. The van der Waals surface area contributed by atoms with Crippen molar-refractivity contribution in [2.24, 2.45) is 0 Å². The Morgan fingerprint density at radius 3 is 2.78 bits per heavy atom. The van der Waals surface area contributed by atoms with Gasteiger partial charge in [0.25, 0.3) is 0 Å². The van der Waals surface area contributed by atoms with Crippen LogP contribution in [0.2, 0.25) is 5.15 Å². The molecule has 4 heteroatoms. The molecule has 3 nitrogen and oxygen atoms in total. The minimum Gasteiger partial charge on any atom is -0.296 e. The van der Waals surface area contributed by atoms with Gasteiger partial charge in [0.05, 0.1) is 0 Å². The molecule has 0 aliphatic rings. The van der Waals surface area contributed by atoms with Crippen molar-refractivity contribution in [3.05, 3.63) is 23.2 Å². The second kappa shape index (κ2) is 2.55. The number of hydrogen-bond donors (Lipinski definition) is 0. The lowest BCUT2D eigenvalue weighted by atomic mass is 10.5. The highest BCUT2D eigenvalue weighted by molar-refractivity contribution is 6.29. The number of aromatic nitrogens is 2. The maximum absolute atomic E-state index is 10.0. The molecular formula is C5H3ClN2O. The van der Waals surface area contributed by atoms with Crippen molar-refractivity contribution in [3.63, 3.8) is 0 Å². The van der Waals surface area contributed by atoms with Crippen LogP contribution < -0.4 is 0 Å². The minimum absolute atomic E-state index is 0.284. The third-order valence-corrected chi connectivity index (χ3v) is 0.982. The first-order chi connectivity index (χ1) is 4.33. The monoisotopic (exact) mass is 142 g/mol. The van der Waals surface area contributed by atoms with Crippen molar-refractivity contribution < 1.29 is 4.79 Å². The van der Waals surface area contributed by atoms with Crippen molar-refractivity contribution in [1.29, 1.82) is 0 Å². The maximum atomic E-state index is 10.0. The van der Waals surface area contributed by atoms with E-state index in [-0.39, 0.29) is 5.15 Å². The van der Waals surface area contributed by atoms with Gasteiger partial charge in [-0.05, 0) is 0 Å². The molecule has 0 amide bonds. The molecule has 0 bridgehead atoms. The van der Waals surface area contributed by atoms with Crippen LogP contribution in [0.3, 0.4) is 0 Å². The molecule has 0 atom stereocenters. The Morgan fingerprint density at radius 2 is 2.33 bits per heavy atom. The highest BCUT2D eigenvalue weighted by Gasteiger charge is 1.90. The molecular weight excluding hydrogens is 140 g/mol. The van der Waals surface area contributed by atoms with E-state index >= 15 is 0 Å². The number of carbonyl (C=O) groups excluding carboxylic acids is 1. The maximum Gasteiger partial charge on any atom is 0.168 e. The highest BCUT2D eigenvalue weighted by Crippen LogP contribution is 2.00. The van der Waals surface area contributed by atoms with E-state index in [4.69, 9.17) is 11.6 Å². The van der Waals surface area contributed by atoms with Crippen LogP contribution in [0, 0.1) is 0 Å². The van der Waals surface area contributed by atoms with Gasteiger partial charge in [-0.3, -0.25) is 4.79 Å². The average Bonchev–Trinajstić information content (AvgIpc) is 1.88. The van der Waals surface area contributed by atoms with E-state index in [1.54, 1.807) is 0 Å². The Morgan fingerprint density at radius 1 is 1.56 bits per heavy atom. The molecule has 1 aromatic heterocycles. The summed E-state index contributed by atoms with van der Waals surface area (Å²) < 4.78 is 0. The summed E-state index contributed by atoms with van der Waals surface area (Å²) >= 11 is 5.41. The number of hydrogen-bond acceptors (Lipinski definition) is 3. The third kappa shape index (κ3) is 1.47. The Kier molecular flexibility index (Phi) is 1.75. The van der Waals surface area contributed by atoms with E-state index in [1.807, 2.05) is 0 Å². The van der Waals surface area contributed by atoms with Crippen LogP contribution in [0.25, 0.3) is 0 Å². The Hall–Kier alpha value is -0.960. The lowest BCUT2D eigenvalue weighted by molar-refractivity contribution is 0.111. The molecule has 0 saturated carbocycles. The van der Waals surface area contributed by atoms with E-state index in [2.05, 4.69) is 9.97 Å². The predicted octanol–water partition coefficient (Wildman–Crippen LogP) is 0.943. The second-order valence-electron chi connectivity index (χ2n) is 1.38. The van der Waals surface area contributed by atoms with Gasteiger partial charge < -0.3 is 0 Å². The van der Waals surface area contributed by atoms with Crippen molar-refractivity contribution >= 4 is 17.9 Å². The van der Waals surface area contributed by atoms with Gasteiger partial charge in [-0.15, -0.1) is 0 Å². The lowest BCUT2D eigenvalue weighted by Gasteiger charge is -1.86. The van der Waals surface area contributed by atoms with E-state index in [0.29, 0.717) is 12.0 Å². The van der Waals surface area contributed by atoms with Gasteiger partial charge in [0.2, 0.25) is 0 Å². The van der Waals surface area contributed by atoms with Crippen LogP contribution in [0.1, 0.15) is 10.5 Å². The standard InChI is InChI=1S/C5H3ClN2O/c6-5-1-4(2-9)7-3-8-5/h1-3H. The van der Waals surface area contributed by atoms with Crippen LogP contribution in [-0.4, -0.2) is 16.3 Å². The van der Waals surface area contributed by atoms with Gasteiger partial charge in [-0.2, -0.15) is 0 Å². The van der Waals surface area contributed by atoms with Crippen molar-refractivity contribution in [2.45, 2.75) is 0 Å². The largest absolute Gasteiger partial charge is 0.296 e. The Balaban J connectivity index is 3.07. The smallest absolute Gasteiger partial charge is 0.168 e. The van der Waals surface area contributed by atoms with Crippen molar-refractivity contribution in [3.8, 4) is 0 Å². The molecule has 1 rings (SSSR count). The predicted molar refractivity (Wildman–Crippen MR) is 32.4 cm³/mol. The molecule has 9 heavy (non-hydrogen) atoms. The summed E-state index contributed by atoms with van der Waals surface area (Å²) in [6.07, 6.45) is 1.86. The molecule has 0 aromatic carbocycles. The topological polar surface area (TPSA) is 42.9 Å². The van der Waals surface area contributed by atoms with E-state index in [9.17, 15) is 4.79 Å². The van der Waals surface area contributed by atoms with Crippen LogP contribution in [-0.2, 0) is 0 Å². The number of carbonyl (C=O) groups is 1. The van der Waals surface area contributed by atoms with E-state index in [1.165, 1.54) is 12.4 Å². The highest BCUT2D eigenvalue weighted by atomic mass is 35.5. The van der Waals surface area contributed by atoms with Crippen LogP contribution in [0.4, 0.5) is 0 Å². The summed E-state index contributed by atoms with van der Waals surface area (Å²) in [5.74, 6) is 0. The summed E-state index contributed by atoms with van der Waals surface area (Å²) in [6, 6.07) is 1.40. The van der Waals surface area contributed by atoms with Crippen molar-refractivity contribution in [1.82, 2.24) is 9.97 Å². The second-order valence-corrected chi connectivity index (χ2v) is 1.77. The summed E-state index contributed by atoms with van der Waals surface area (Å²) in [4.78, 5) is 17.2. The summed E-state index contributed by atoms with van der Waals surface area (Å²) in [5.41, 5.74) is 0.301. The first-order valence-corrected chi connectivity index (χ1v) is 2.63. The zero-order valence-corrected chi connectivity index (χ0v) is 5.17. The number of nitrogens with zero attached hydrogens (tertiary/aromatic N) is 2. The van der Waals surface area contributed by atoms with E-state index < -0.39 is 0 Å². The van der Waals surface area contributed by atoms with Gasteiger partial charge in [0, 0.05) is 6.07 Å². The normalized spacial score (nSPS) is 9.00. The Bertz CT molecular complexity index is 226. The van der Waals surface area contributed by atoms with Crippen LogP contribution in [0.15, 0.2) is 12.4 Å². The average molecular weight is 143 g/mol. The third-order valence-electron chi connectivity index (χ3n) is 0.776. The zero-order valence-electron chi connectivity index (χ0n) is 4.41. The summed E-state index contributed by atoms with van der Waals surface area (Å²) in [7, 11) is 0.